The van der Waals surface area contributed by atoms with Crippen molar-refractivity contribution in [2.45, 2.75) is 25.9 Å². The fourth-order valence-electron chi connectivity index (χ4n) is 2.52. The Morgan fingerprint density at radius 3 is 2.76 bits per heavy atom. The van der Waals surface area contributed by atoms with Gasteiger partial charge in [0.1, 0.15) is 5.82 Å². The van der Waals surface area contributed by atoms with Gasteiger partial charge in [0.05, 0.1) is 12.7 Å². The van der Waals surface area contributed by atoms with Gasteiger partial charge in [-0.15, -0.1) is 0 Å². The van der Waals surface area contributed by atoms with E-state index in [0.717, 1.165) is 51.4 Å². The summed E-state index contributed by atoms with van der Waals surface area (Å²) in [4.78, 5) is 8.98. The molecule has 0 bridgehead atoms. The van der Waals surface area contributed by atoms with E-state index in [9.17, 15) is 5.11 Å². The smallest absolute Gasteiger partial charge is 0.128 e. The summed E-state index contributed by atoms with van der Waals surface area (Å²) in [6.07, 6.45) is 3.64. The minimum absolute atomic E-state index is 0.386. The normalized spacial score (nSPS) is 17.9. The van der Waals surface area contributed by atoms with E-state index < -0.39 is 0 Å². The second kappa shape index (κ2) is 8.97. The number of anilines is 1. The summed E-state index contributed by atoms with van der Waals surface area (Å²) in [6.45, 7) is 7.87. The van der Waals surface area contributed by atoms with Gasteiger partial charge in [-0.3, -0.25) is 4.90 Å². The van der Waals surface area contributed by atoms with Crippen LogP contribution in [-0.4, -0.2) is 67.0 Å². The summed E-state index contributed by atoms with van der Waals surface area (Å²) in [5.74, 6) is 1.04. The molecular formula is C16H27N3O2. The highest BCUT2D eigenvalue weighted by Gasteiger charge is 2.19. The monoisotopic (exact) mass is 293 g/mol. The van der Waals surface area contributed by atoms with E-state index in [0.29, 0.717) is 13.2 Å². The second-order valence-electron chi connectivity index (χ2n) is 5.56. The first-order valence-corrected chi connectivity index (χ1v) is 7.93. The van der Waals surface area contributed by atoms with Crippen LogP contribution in [0.1, 0.15) is 19.8 Å². The molecule has 1 unspecified atom stereocenters. The highest BCUT2D eigenvalue weighted by Crippen LogP contribution is 2.12. The number of β-amino-alcohol motifs (C(OH)–C–C–N with tert-alkyl or cyclic N) is 1. The van der Waals surface area contributed by atoms with Gasteiger partial charge in [0.25, 0.3) is 0 Å². The van der Waals surface area contributed by atoms with E-state index in [4.69, 9.17) is 4.74 Å². The molecule has 1 fully saturated rings. The Bertz CT molecular complexity index is 380. The van der Waals surface area contributed by atoms with Crippen LogP contribution < -0.4 is 4.90 Å². The molecule has 0 amide bonds. The Hall–Kier alpha value is -1.17. The van der Waals surface area contributed by atoms with Gasteiger partial charge in [-0.05, 0) is 18.6 Å². The molecule has 1 aromatic rings. The van der Waals surface area contributed by atoms with Crippen LogP contribution >= 0.6 is 0 Å². The summed E-state index contributed by atoms with van der Waals surface area (Å²) in [7, 11) is 0. The second-order valence-corrected chi connectivity index (χ2v) is 5.56. The minimum Gasteiger partial charge on any atom is -0.389 e. The zero-order valence-electron chi connectivity index (χ0n) is 12.9. The minimum atomic E-state index is -0.386. The Morgan fingerprint density at radius 2 is 2.10 bits per heavy atom. The average molecular weight is 293 g/mol. The summed E-state index contributed by atoms with van der Waals surface area (Å²) >= 11 is 0. The van der Waals surface area contributed by atoms with Crippen molar-refractivity contribution in [1.29, 1.82) is 0 Å². The van der Waals surface area contributed by atoms with E-state index in [1.807, 2.05) is 24.4 Å². The first kappa shape index (κ1) is 16.2. The molecule has 0 aliphatic carbocycles. The number of hydrogen-bond acceptors (Lipinski definition) is 5. The van der Waals surface area contributed by atoms with Gasteiger partial charge < -0.3 is 14.7 Å². The van der Waals surface area contributed by atoms with Crippen LogP contribution in [0, 0.1) is 0 Å². The van der Waals surface area contributed by atoms with Crippen molar-refractivity contribution >= 4 is 5.82 Å². The van der Waals surface area contributed by atoms with Gasteiger partial charge in [0.15, 0.2) is 0 Å². The van der Waals surface area contributed by atoms with Crippen molar-refractivity contribution in [2.24, 2.45) is 0 Å². The van der Waals surface area contributed by atoms with Crippen LogP contribution in [0.15, 0.2) is 24.4 Å². The Morgan fingerprint density at radius 1 is 1.29 bits per heavy atom. The van der Waals surface area contributed by atoms with E-state index in [-0.39, 0.29) is 6.10 Å². The number of unbranched alkanes of at least 4 members (excludes halogenated alkanes) is 1. The molecule has 5 nitrogen and oxygen atoms in total. The molecule has 0 radical (unpaired) electrons. The van der Waals surface area contributed by atoms with Gasteiger partial charge >= 0.3 is 0 Å². The lowest BCUT2D eigenvalue weighted by atomic mass is 10.2. The summed E-state index contributed by atoms with van der Waals surface area (Å²) in [5.41, 5.74) is 0. The van der Waals surface area contributed by atoms with E-state index in [2.05, 4.69) is 21.7 Å². The molecule has 1 N–H and O–H groups in total. The van der Waals surface area contributed by atoms with Crippen LogP contribution in [0.3, 0.4) is 0 Å². The van der Waals surface area contributed by atoms with Crippen molar-refractivity contribution in [3.8, 4) is 0 Å². The number of aromatic nitrogens is 1. The molecule has 1 atom stereocenters. The third-order valence-corrected chi connectivity index (χ3v) is 3.77. The highest BCUT2D eigenvalue weighted by atomic mass is 16.5. The number of hydrogen-bond donors (Lipinski definition) is 1. The zero-order valence-corrected chi connectivity index (χ0v) is 12.9. The van der Waals surface area contributed by atoms with Gasteiger partial charge in [0, 0.05) is 45.5 Å². The summed E-state index contributed by atoms with van der Waals surface area (Å²) < 4.78 is 5.47. The fourth-order valence-corrected chi connectivity index (χ4v) is 2.52. The van der Waals surface area contributed by atoms with Gasteiger partial charge in [0.2, 0.25) is 0 Å². The van der Waals surface area contributed by atoms with Crippen molar-refractivity contribution in [1.82, 2.24) is 9.88 Å². The molecule has 1 saturated heterocycles. The van der Waals surface area contributed by atoms with Gasteiger partial charge in [-0.2, -0.15) is 0 Å². The number of piperazine rings is 1. The van der Waals surface area contributed by atoms with Crippen LogP contribution in [0.2, 0.25) is 0 Å². The third kappa shape index (κ3) is 5.61. The number of aliphatic hydroxyl groups is 1. The SMILES string of the molecule is CCCCOCC(O)CN1CCN(c2ccccn2)CC1. The lowest BCUT2D eigenvalue weighted by Gasteiger charge is -2.36. The van der Waals surface area contributed by atoms with Crippen molar-refractivity contribution in [3.63, 3.8) is 0 Å². The maximum Gasteiger partial charge on any atom is 0.128 e. The van der Waals surface area contributed by atoms with Crippen LogP contribution in [0.5, 0.6) is 0 Å². The Kier molecular flexibility index (Phi) is 6.92. The Balaban J connectivity index is 1.65. The third-order valence-electron chi connectivity index (χ3n) is 3.77. The van der Waals surface area contributed by atoms with Crippen molar-refractivity contribution < 1.29 is 9.84 Å². The average Bonchev–Trinajstić information content (AvgIpc) is 2.53. The molecule has 118 valence electrons. The topological polar surface area (TPSA) is 48.8 Å². The molecule has 2 rings (SSSR count). The van der Waals surface area contributed by atoms with Crippen LogP contribution in [0.4, 0.5) is 5.82 Å². The maximum absolute atomic E-state index is 9.99. The van der Waals surface area contributed by atoms with E-state index in [1.165, 1.54) is 0 Å². The molecule has 21 heavy (non-hydrogen) atoms. The van der Waals surface area contributed by atoms with Crippen molar-refractivity contribution in [3.05, 3.63) is 24.4 Å². The first-order valence-electron chi connectivity index (χ1n) is 7.93. The lowest BCUT2D eigenvalue weighted by Crippen LogP contribution is -2.49. The molecule has 1 aliphatic rings. The number of nitrogens with zero attached hydrogens (tertiary/aromatic N) is 3. The number of pyridine rings is 1. The first-order chi connectivity index (χ1) is 10.3. The fraction of sp³-hybridized carbons (Fsp3) is 0.688. The largest absolute Gasteiger partial charge is 0.389 e. The van der Waals surface area contributed by atoms with Gasteiger partial charge in [-0.1, -0.05) is 19.4 Å². The van der Waals surface area contributed by atoms with Crippen LogP contribution in [-0.2, 0) is 4.74 Å². The number of rotatable bonds is 8. The Labute approximate surface area is 127 Å². The molecule has 1 aromatic heterocycles. The standard InChI is InChI=1S/C16H27N3O2/c1-2-3-12-21-14-15(20)13-18-8-10-19(11-9-18)16-6-4-5-7-17-16/h4-7,15,20H,2-3,8-14H2,1H3. The zero-order chi connectivity index (χ0) is 14.9. The highest BCUT2D eigenvalue weighted by molar-refractivity contribution is 5.38. The summed E-state index contributed by atoms with van der Waals surface area (Å²) in [6, 6.07) is 6.01. The molecule has 0 aromatic carbocycles. The van der Waals surface area contributed by atoms with E-state index in [1.54, 1.807) is 0 Å². The molecule has 0 saturated carbocycles. The number of ether oxygens (including phenoxy) is 1. The summed E-state index contributed by atoms with van der Waals surface area (Å²) in [5, 5.41) is 9.99. The molecule has 0 spiro atoms. The quantitative estimate of drug-likeness (QED) is 0.734. The number of aliphatic hydroxyl groups excluding tert-OH is 1. The predicted octanol–water partition coefficient (Wildman–Crippen LogP) is 1.38. The molecular weight excluding hydrogens is 266 g/mol. The van der Waals surface area contributed by atoms with Crippen LogP contribution in [0.25, 0.3) is 0 Å². The molecule has 5 heteroatoms. The van der Waals surface area contributed by atoms with Gasteiger partial charge in [-0.25, -0.2) is 4.98 Å². The maximum atomic E-state index is 9.99. The predicted molar refractivity (Wildman–Crippen MR) is 84.6 cm³/mol. The van der Waals surface area contributed by atoms with E-state index >= 15 is 0 Å². The molecule has 2 heterocycles. The molecule has 1 aliphatic heterocycles. The lowest BCUT2D eigenvalue weighted by molar-refractivity contribution is 0.0150. The van der Waals surface area contributed by atoms with Crippen molar-refractivity contribution in [2.75, 3.05) is 50.8 Å².